The van der Waals surface area contributed by atoms with Gasteiger partial charge in [-0.3, -0.25) is 9.69 Å². The third-order valence-corrected chi connectivity index (χ3v) is 6.05. The number of hydrogen-bond donors (Lipinski definition) is 2. The van der Waals surface area contributed by atoms with E-state index in [2.05, 4.69) is 37.2 Å². The van der Waals surface area contributed by atoms with Crippen molar-refractivity contribution in [3.8, 4) is 0 Å². The molecule has 2 aliphatic heterocycles. The molecule has 3 heterocycles. The molecule has 0 bridgehead atoms. The third-order valence-electron chi connectivity index (χ3n) is 5.77. The summed E-state index contributed by atoms with van der Waals surface area (Å²) in [6.07, 6.45) is 5.27. The molecule has 1 amide bonds. The van der Waals surface area contributed by atoms with Gasteiger partial charge < -0.3 is 15.3 Å². The van der Waals surface area contributed by atoms with Crippen LogP contribution >= 0.6 is 11.6 Å². The van der Waals surface area contributed by atoms with Gasteiger partial charge in [-0.05, 0) is 36.8 Å². The van der Waals surface area contributed by atoms with Gasteiger partial charge in [0.2, 0.25) is 5.95 Å². The lowest BCUT2D eigenvalue weighted by Crippen LogP contribution is -2.35. The van der Waals surface area contributed by atoms with E-state index in [4.69, 9.17) is 11.6 Å². The average Bonchev–Trinajstić information content (AvgIpc) is 3.30. The summed E-state index contributed by atoms with van der Waals surface area (Å²) in [5, 5.41) is 12.8. The lowest BCUT2D eigenvalue weighted by molar-refractivity contribution is 0.0792. The molecule has 2 saturated heterocycles. The van der Waals surface area contributed by atoms with Crippen LogP contribution in [0.2, 0.25) is 5.02 Å². The van der Waals surface area contributed by atoms with Crippen LogP contribution in [0.1, 0.15) is 47.3 Å². The van der Waals surface area contributed by atoms with Gasteiger partial charge in [-0.15, -0.1) is 0 Å². The molecule has 0 spiro atoms. The number of aliphatic hydroxyl groups excluding tert-OH is 1. The zero-order chi connectivity index (χ0) is 20.9. The number of carbonyl (C=O) groups is 1. The summed E-state index contributed by atoms with van der Waals surface area (Å²) in [5.74, 6) is 0.274. The fourth-order valence-electron chi connectivity index (χ4n) is 3.95. The van der Waals surface area contributed by atoms with E-state index in [1.54, 1.807) is 0 Å². The van der Waals surface area contributed by atoms with Crippen molar-refractivity contribution >= 4 is 23.5 Å². The lowest BCUT2D eigenvalue weighted by Gasteiger charge is -2.29. The molecule has 0 aliphatic carbocycles. The predicted octanol–water partition coefficient (Wildman–Crippen LogP) is 2.62. The van der Waals surface area contributed by atoms with Crippen LogP contribution in [0.4, 0.5) is 5.95 Å². The van der Waals surface area contributed by atoms with Gasteiger partial charge in [0.1, 0.15) is 0 Å². The number of carbonyl (C=O) groups excluding carboxylic acids is 1. The molecule has 0 atom stereocenters. The number of nitrogens with zero attached hydrogens (tertiary/aromatic N) is 4. The van der Waals surface area contributed by atoms with Crippen LogP contribution < -0.4 is 10.2 Å². The molecule has 2 N–H and O–H groups in total. The molecular formula is C22H28ClN5O2. The highest BCUT2D eigenvalue weighted by atomic mass is 35.5. The summed E-state index contributed by atoms with van der Waals surface area (Å²) in [5.41, 5.74) is 2.47. The number of aromatic nitrogens is 2. The highest BCUT2D eigenvalue weighted by Crippen LogP contribution is 2.20. The fourth-order valence-corrected chi connectivity index (χ4v) is 4.13. The standard InChI is InChI=1S/C22H28ClN5O2/c23-19-14-25-22(28-9-1-2-10-28)26-20(19)21(30)24-13-16-3-5-17(6-4-16)15-27-11-7-18(29)8-12-27/h3-6,14,18,29H,1-2,7-13,15H2,(H,24,30). The molecule has 2 aromatic rings. The van der Waals surface area contributed by atoms with Crippen LogP contribution in [-0.2, 0) is 13.1 Å². The van der Waals surface area contributed by atoms with Crippen LogP contribution in [-0.4, -0.2) is 58.2 Å². The Morgan fingerprint density at radius 3 is 2.47 bits per heavy atom. The summed E-state index contributed by atoms with van der Waals surface area (Å²) in [4.78, 5) is 25.7. The van der Waals surface area contributed by atoms with Crippen molar-refractivity contribution in [3.63, 3.8) is 0 Å². The van der Waals surface area contributed by atoms with Gasteiger partial charge in [0.05, 0.1) is 17.3 Å². The largest absolute Gasteiger partial charge is 0.393 e. The number of benzene rings is 1. The second-order valence-corrected chi connectivity index (χ2v) is 8.47. The van der Waals surface area contributed by atoms with Crippen LogP contribution in [0.3, 0.4) is 0 Å². The van der Waals surface area contributed by atoms with E-state index in [9.17, 15) is 9.90 Å². The summed E-state index contributed by atoms with van der Waals surface area (Å²) >= 11 is 6.18. The fraction of sp³-hybridized carbons (Fsp3) is 0.500. The number of likely N-dealkylation sites (tertiary alicyclic amines) is 1. The van der Waals surface area contributed by atoms with Crippen LogP contribution in [0, 0.1) is 0 Å². The Kier molecular flexibility index (Phi) is 6.82. The molecule has 0 unspecified atom stereocenters. The minimum Gasteiger partial charge on any atom is -0.393 e. The van der Waals surface area contributed by atoms with Crippen molar-refractivity contribution in [1.29, 1.82) is 0 Å². The normalized spacial score (nSPS) is 18.0. The van der Waals surface area contributed by atoms with Gasteiger partial charge in [-0.1, -0.05) is 35.9 Å². The number of rotatable bonds is 6. The molecule has 0 saturated carbocycles. The minimum absolute atomic E-state index is 0.151. The first-order valence-electron chi connectivity index (χ1n) is 10.6. The number of anilines is 1. The van der Waals surface area contributed by atoms with Gasteiger partial charge in [-0.2, -0.15) is 0 Å². The SMILES string of the molecule is O=C(NCc1ccc(CN2CCC(O)CC2)cc1)c1nc(N2CCCC2)ncc1Cl. The van der Waals surface area contributed by atoms with Gasteiger partial charge in [0.25, 0.3) is 5.91 Å². The van der Waals surface area contributed by atoms with Crippen LogP contribution in [0.25, 0.3) is 0 Å². The second kappa shape index (κ2) is 9.73. The Bertz CT molecular complexity index is 862. The average molecular weight is 430 g/mol. The number of aliphatic hydroxyl groups is 1. The predicted molar refractivity (Wildman–Crippen MR) is 117 cm³/mol. The van der Waals surface area contributed by atoms with Crippen molar-refractivity contribution in [3.05, 3.63) is 52.3 Å². The smallest absolute Gasteiger partial charge is 0.271 e. The van der Waals surface area contributed by atoms with Crippen molar-refractivity contribution in [2.45, 2.75) is 44.9 Å². The Morgan fingerprint density at radius 1 is 1.10 bits per heavy atom. The molecule has 30 heavy (non-hydrogen) atoms. The molecule has 8 heteroatoms. The summed E-state index contributed by atoms with van der Waals surface area (Å²) in [6, 6.07) is 8.25. The van der Waals surface area contributed by atoms with E-state index < -0.39 is 0 Å². The topological polar surface area (TPSA) is 81.6 Å². The maximum Gasteiger partial charge on any atom is 0.271 e. The zero-order valence-electron chi connectivity index (χ0n) is 17.1. The first kappa shape index (κ1) is 21.0. The van der Waals surface area contributed by atoms with Crippen LogP contribution in [0.15, 0.2) is 30.5 Å². The summed E-state index contributed by atoms with van der Waals surface area (Å²) in [7, 11) is 0. The van der Waals surface area contributed by atoms with Crippen molar-refractivity contribution in [1.82, 2.24) is 20.2 Å². The highest BCUT2D eigenvalue weighted by molar-refractivity contribution is 6.33. The quantitative estimate of drug-likeness (QED) is 0.734. The molecule has 0 radical (unpaired) electrons. The first-order valence-corrected chi connectivity index (χ1v) is 11.0. The van der Waals surface area contributed by atoms with Gasteiger partial charge >= 0.3 is 0 Å². The van der Waals surface area contributed by atoms with Gasteiger partial charge in [-0.25, -0.2) is 9.97 Å². The summed E-state index contributed by atoms with van der Waals surface area (Å²) in [6.45, 7) is 4.97. The van der Waals surface area contributed by atoms with Gasteiger partial charge in [0, 0.05) is 39.3 Å². The number of hydrogen-bond acceptors (Lipinski definition) is 6. The first-order chi connectivity index (χ1) is 14.6. The Labute approximate surface area is 182 Å². The van der Waals surface area contributed by atoms with Crippen molar-refractivity contribution in [2.75, 3.05) is 31.1 Å². The number of nitrogens with one attached hydrogen (secondary N) is 1. The summed E-state index contributed by atoms with van der Waals surface area (Å²) < 4.78 is 0. The molecule has 4 rings (SSSR count). The van der Waals surface area contributed by atoms with E-state index in [0.717, 1.165) is 64.0 Å². The number of piperidine rings is 1. The zero-order valence-corrected chi connectivity index (χ0v) is 17.8. The van der Waals surface area contributed by atoms with E-state index in [0.29, 0.717) is 12.5 Å². The van der Waals surface area contributed by atoms with E-state index in [1.807, 2.05) is 12.1 Å². The second-order valence-electron chi connectivity index (χ2n) is 8.07. The minimum atomic E-state index is -0.293. The molecule has 1 aromatic heterocycles. The van der Waals surface area contributed by atoms with Gasteiger partial charge in [0.15, 0.2) is 5.69 Å². The Hall–Kier alpha value is -2.22. The molecule has 7 nitrogen and oxygen atoms in total. The number of amides is 1. The van der Waals surface area contributed by atoms with E-state index in [-0.39, 0.29) is 22.7 Å². The van der Waals surface area contributed by atoms with Crippen molar-refractivity contribution in [2.24, 2.45) is 0 Å². The number of halogens is 1. The Morgan fingerprint density at radius 2 is 1.77 bits per heavy atom. The monoisotopic (exact) mass is 429 g/mol. The van der Waals surface area contributed by atoms with E-state index in [1.165, 1.54) is 11.8 Å². The lowest BCUT2D eigenvalue weighted by atomic mass is 10.1. The maximum atomic E-state index is 12.6. The highest BCUT2D eigenvalue weighted by Gasteiger charge is 2.20. The Balaban J connectivity index is 1.32. The van der Waals surface area contributed by atoms with Crippen LogP contribution in [0.5, 0.6) is 0 Å². The maximum absolute atomic E-state index is 12.6. The molecule has 160 valence electrons. The van der Waals surface area contributed by atoms with Crippen molar-refractivity contribution < 1.29 is 9.90 Å². The third kappa shape index (κ3) is 5.28. The molecule has 2 fully saturated rings. The molecule has 2 aliphatic rings. The van der Waals surface area contributed by atoms with E-state index >= 15 is 0 Å². The molecule has 1 aromatic carbocycles. The molecular weight excluding hydrogens is 402 g/mol.